The fraction of sp³-hybridized carbons (Fsp3) is 0.593. The van der Waals surface area contributed by atoms with E-state index in [-0.39, 0.29) is 26.9 Å². The number of benzene rings is 4. The van der Waals surface area contributed by atoms with Crippen LogP contribution >= 0.6 is 11.8 Å². The van der Waals surface area contributed by atoms with Gasteiger partial charge < -0.3 is 14.5 Å². The Morgan fingerprint density at radius 2 is 1.01 bits per heavy atom. The Kier molecular flexibility index (Phi) is 45.5. The Morgan fingerprint density at radius 3 is 1.54 bits per heavy atom. The lowest BCUT2D eigenvalue weighted by Gasteiger charge is -2.32. The third kappa shape index (κ3) is 35.4. The molecule has 4 nitrogen and oxygen atoms in total. The summed E-state index contributed by atoms with van der Waals surface area (Å²) in [7, 11) is 0. The second-order valence-electron chi connectivity index (χ2n) is 17.9. The predicted molar refractivity (Wildman–Crippen MR) is 293 cm³/mol. The number of piperidine rings is 1. The highest BCUT2D eigenvalue weighted by molar-refractivity contribution is 7.99. The number of likely N-dealkylation sites (tertiary alicyclic amines) is 1. The minimum atomic E-state index is -0.773. The lowest BCUT2D eigenvalue weighted by molar-refractivity contribution is 0.0380. The molecule has 0 aromatic heterocycles. The van der Waals surface area contributed by atoms with Crippen molar-refractivity contribution in [1.82, 2.24) is 14.7 Å². The number of morpholine rings is 1. The van der Waals surface area contributed by atoms with Crippen LogP contribution in [0.4, 0.5) is 31.4 Å². The summed E-state index contributed by atoms with van der Waals surface area (Å²) in [6.45, 7) is 29.3. The summed E-state index contributed by atoms with van der Waals surface area (Å²) >= 11 is 2.08. The van der Waals surface area contributed by atoms with Crippen molar-refractivity contribution in [2.24, 2.45) is 0 Å². The van der Waals surface area contributed by atoms with Crippen molar-refractivity contribution in [3.8, 4) is 0 Å². The highest BCUT2D eigenvalue weighted by Crippen LogP contribution is 2.16. The average Bonchev–Trinajstić information content (AvgIpc) is 3.35. The third-order valence-corrected chi connectivity index (χ3v) is 12.6. The molecule has 0 amide bonds. The van der Waals surface area contributed by atoms with Gasteiger partial charge in [0.1, 0.15) is 17.5 Å². The monoisotopic (exact) mass is 1030 g/mol. The summed E-state index contributed by atoms with van der Waals surface area (Å²) in [5.41, 5.74) is 3.97. The molecule has 1 atom stereocenters. The predicted octanol–water partition coefficient (Wildman–Crippen LogP) is 16.0. The SMILES string of the molecule is CCCN1CCCCC1C.CCCN1CCOCC1.CCCN1CCSCC1.CCCc1ccc(F)c(F)c1.CCCc1ccc(F)cc1.CCCc1cccc(F)c1.CCCc1ccccc1F.F.F. The summed E-state index contributed by atoms with van der Waals surface area (Å²) in [4.78, 5) is 7.61. The maximum Gasteiger partial charge on any atom is 0.159 e. The van der Waals surface area contributed by atoms with Gasteiger partial charge in [-0.25, -0.2) is 22.0 Å². The van der Waals surface area contributed by atoms with E-state index in [1.807, 2.05) is 44.2 Å². The van der Waals surface area contributed by atoms with Crippen LogP contribution in [0.2, 0.25) is 0 Å². The van der Waals surface area contributed by atoms with Gasteiger partial charge in [0, 0.05) is 43.7 Å². The number of aryl methyl sites for hydroxylation is 4. The van der Waals surface area contributed by atoms with Crippen LogP contribution in [-0.2, 0) is 30.4 Å². The molecule has 3 heterocycles. The van der Waals surface area contributed by atoms with Crippen molar-refractivity contribution in [1.29, 1.82) is 0 Å². The molecule has 3 fully saturated rings. The highest BCUT2D eigenvalue weighted by Gasteiger charge is 2.16. The molecule has 0 N–H and O–H groups in total. The van der Waals surface area contributed by atoms with E-state index in [9.17, 15) is 22.0 Å². The second kappa shape index (κ2) is 46.4. The maximum absolute atomic E-state index is 12.8. The van der Waals surface area contributed by atoms with Crippen LogP contribution in [0.3, 0.4) is 0 Å². The van der Waals surface area contributed by atoms with E-state index in [1.54, 1.807) is 24.3 Å². The molecule has 12 heteroatoms. The van der Waals surface area contributed by atoms with Gasteiger partial charge in [-0.15, -0.1) is 0 Å². The first-order valence-corrected chi connectivity index (χ1v) is 27.6. The summed E-state index contributed by atoms with van der Waals surface area (Å²) in [5.74, 6) is 0.802. The number of ether oxygens (including phenoxy) is 1. The molecule has 0 spiro atoms. The number of thioether (sulfide) groups is 1. The maximum atomic E-state index is 12.8. The zero-order valence-corrected chi connectivity index (χ0v) is 45.8. The Bertz CT molecular complexity index is 1770. The molecule has 7 rings (SSSR count). The number of hydrogen-bond acceptors (Lipinski definition) is 5. The first-order valence-electron chi connectivity index (χ1n) is 26.4. The van der Waals surface area contributed by atoms with Crippen molar-refractivity contribution in [2.75, 3.05) is 77.1 Å². The van der Waals surface area contributed by atoms with Crippen LogP contribution in [0.1, 0.15) is 142 Å². The first-order chi connectivity index (χ1) is 33.4. The molecular formula is C59H94F7N3OS. The van der Waals surface area contributed by atoms with E-state index in [0.717, 1.165) is 100 Å². The van der Waals surface area contributed by atoms with Crippen LogP contribution < -0.4 is 0 Å². The summed E-state index contributed by atoms with van der Waals surface area (Å²) in [6, 6.07) is 25.2. The number of halogens is 7. The van der Waals surface area contributed by atoms with Gasteiger partial charge in [-0.2, -0.15) is 11.8 Å². The van der Waals surface area contributed by atoms with Crippen LogP contribution in [0.15, 0.2) is 91.0 Å². The molecule has 71 heavy (non-hydrogen) atoms. The zero-order valence-electron chi connectivity index (χ0n) is 45.0. The van der Waals surface area contributed by atoms with E-state index in [2.05, 4.69) is 68.0 Å². The van der Waals surface area contributed by atoms with Crippen molar-refractivity contribution in [3.05, 3.63) is 142 Å². The highest BCUT2D eigenvalue weighted by atomic mass is 32.2. The average molecular weight is 1030 g/mol. The van der Waals surface area contributed by atoms with Gasteiger partial charge in [-0.05, 0) is 156 Å². The van der Waals surface area contributed by atoms with E-state index in [0.29, 0.717) is 0 Å². The lowest BCUT2D eigenvalue weighted by Crippen LogP contribution is -2.37. The fourth-order valence-corrected chi connectivity index (χ4v) is 8.91. The van der Waals surface area contributed by atoms with Gasteiger partial charge in [0.05, 0.1) is 13.2 Å². The topological polar surface area (TPSA) is 19.0 Å². The van der Waals surface area contributed by atoms with Gasteiger partial charge in [-0.3, -0.25) is 14.3 Å². The molecule has 3 aliphatic rings. The first kappa shape index (κ1) is 69.7. The van der Waals surface area contributed by atoms with Gasteiger partial charge in [-0.1, -0.05) is 129 Å². The Balaban J connectivity index is 0. The standard InChI is InChI=1S/C9H10F2.3C9H11F.C9H19N.C7H15NO.C7H15NS.2FH/c1-2-3-7-4-5-8(10)9(11)6-7;1-2-5-8-6-3-4-7-9(8)10;1-2-4-8-5-3-6-9(10)7-8;1-2-3-8-4-6-9(10)7-5-8;1-3-7-10-8-5-4-6-9(10)2;2*1-2-3-8-4-6-9-7-5-8;;/h4-6H,2-3H2,1H3;3-4,6-7H,2,5H2,1H3;3,5-7H,2,4H2,1H3;4-7H,2-3H2,1H3;9H,3-8H2,1-2H3;2*2-7H2,1H3;2*1H. The van der Waals surface area contributed by atoms with Crippen molar-refractivity contribution in [3.63, 3.8) is 0 Å². The normalized spacial score (nSPS) is 15.4. The number of rotatable bonds is 14. The van der Waals surface area contributed by atoms with Crippen LogP contribution in [0.25, 0.3) is 0 Å². The summed E-state index contributed by atoms with van der Waals surface area (Å²) in [5, 5.41) is 0. The Labute approximate surface area is 431 Å². The number of hydrogen-bond donors (Lipinski definition) is 0. The molecule has 0 radical (unpaired) electrons. The molecule has 406 valence electrons. The molecule has 0 saturated carbocycles. The van der Waals surface area contributed by atoms with E-state index >= 15 is 0 Å². The minimum Gasteiger partial charge on any atom is -0.379 e. The van der Waals surface area contributed by atoms with E-state index in [4.69, 9.17) is 4.74 Å². The smallest absolute Gasteiger partial charge is 0.159 e. The molecular weight excluding hydrogens is 932 g/mol. The molecule has 4 aromatic rings. The Hall–Kier alpha value is -3.42. The molecule has 3 aliphatic heterocycles. The Morgan fingerprint density at radius 1 is 0.479 bits per heavy atom. The summed E-state index contributed by atoms with van der Waals surface area (Å²) < 4.78 is 67.7. The van der Waals surface area contributed by atoms with Crippen LogP contribution in [0, 0.1) is 29.1 Å². The van der Waals surface area contributed by atoms with Gasteiger partial charge in [0.2, 0.25) is 0 Å². The molecule has 1 unspecified atom stereocenters. The van der Waals surface area contributed by atoms with E-state index in [1.165, 1.54) is 131 Å². The zero-order chi connectivity index (χ0) is 50.9. The van der Waals surface area contributed by atoms with Gasteiger partial charge in [0.15, 0.2) is 11.6 Å². The lowest BCUT2D eigenvalue weighted by atomic mass is 10.0. The molecule has 4 aromatic carbocycles. The molecule has 0 aliphatic carbocycles. The van der Waals surface area contributed by atoms with E-state index < -0.39 is 11.6 Å². The minimum absolute atomic E-state index is 0. The number of nitrogens with zero attached hydrogens (tertiary/aromatic N) is 3. The van der Waals surface area contributed by atoms with Gasteiger partial charge >= 0.3 is 0 Å². The largest absolute Gasteiger partial charge is 0.379 e. The van der Waals surface area contributed by atoms with Crippen molar-refractivity contribution in [2.45, 2.75) is 151 Å². The quantitative estimate of drug-likeness (QED) is 0.117. The van der Waals surface area contributed by atoms with Crippen LogP contribution in [0.5, 0.6) is 0 Å². The van der Waals surface area contributed by atoms with Crippen molar-refractivity contribution >= 4 is 11.8 Å². The molecule has 0 bridgehead atoms. The van der Waals surface area contributed by atoms with Gasteiger partial charge in [0.25, 0.3) is 0 Å². The van der Waals surface area contributed by atoms with Crippen molar-refractivity contribution < 1.29 is 36.1 Å². The summed E-state index contributed by atoms with van der Waals surface area (Å²) in [6.07, 6.45) is 16.0. The molecule has 3 saturated heterocycles. The fourth-order valence-electron chi connectivity index (χ4n) is 7.93. The van der Waals surface area contributed by atoms with Crippen LogP contribution in [-0.4, -0.2) is 97.8 Å². The second-order valence-corrected chi connectivity index (χ2v) is 19.1. The third-order valence-electron chi connectivity index (χ3n) is 11.6.